The minimum absolute atomic E-state index is 0.183. The lowest BCUT2D eigenvalue weighted by Gasteiger charge is -2.50. The number of rotatable bonds is 2. The summed E-state index contributed by atoms with van der Waals surface area (Å²) in [4.78, 5) is 2.45. The molecule has 1 fully saturated rings. The molecule has 0 aromatic heterocycles. The molecule has 0 spiro atoms. The van der Waals surface area contributed by atoms with Crippen LogP contribution in [-0.2, 0) is 12.8 Å². The Bertz CT molecular complexity index is 1070. The number of hydrogen-bond acceptors (Lipinski definition) is 3. The van der Waals surface area contributed by atoms with E-state index in [1.807, 2.05) is 6.21 Å². The van der Waals surface area contributed by atoms with E-state index in [1.165, 1.54) is 27.8 Å². The third-order valence-electron chi connectivity index (χ3n) is 7.17. The fourth-order valence-electron chi connectivity index (χ4n) is 5.49. The first-order chi connectivity index (χ1) is 15.0. The zero-order valence-electron chi connectivity index (χ0n) is 18.8. The normalized spacial score (nSPS) is 21.2. The molecular weight excluding hydrogens is 378 g/mol. The van der Waals surface area contributed by atoms with E-state index in [1.54, 1.807) is 0 Å². The van der Waals surface area contributed by atoms with Gasteiger partial charge in [-0.3, -0.25) is 5.01 Å². The third kappa shape index (κ3) is 3.15. The molecule has 1 atom stereocenters. The number of allylic oxidation sites excluding steroid dienone is 2. The quantitative estimate of drug-likeness (QED) is 0.638. The second-order valence-corrected chi connectivity index (χ2v) is 9.22. The first-order valence-electron chi connectivity index (χ1n) is 11.3. The summed E-state index contributed by atoms with van der Waals surface area (Å²) in [6, 6.07) is 18.5. The van der Waals surface area contributed by atoms with E-state index >= 15 is 0 Å². The summed E-state index contributed by atoms with van der Waals surface area (Å²) in [5.74, 6) is 0.246. The number of piperazine rings is 1. The Kier molecular flexibility index (Phi) is 4.85. The molecule has 3 aliphatic rings. The molecule has 0 saturated carbocycles. The Morgan fingerprint density at radius 2 is 1.52 bits per heavy atom. The van der Waals surface area contributed by atoms with Gasteiger partial charge in [0.15, 0.2) is 0 Å². The highest BCUT2D eigenvalue weighted by Crippen LogP contribution is 2.44. The lowest BCUT2D eigenvalue weighted by Crippen LogP contribution is -2.53. The Morgan fingerprint density at radius 3 is 2.10 bits per heavy atom. The Balaban J connectivity index is 1.73. The maximum absolute atomic E-state index is 4.92. The average Bonchev–Trinajstić information content (AvgIpc) is 2.93. The van der Waals surface area contributed by atoms with Crippen molar-refractivity contribution in [2.24, 2.45) is 5.10 Å². The smallest absolute Gasteiger partial charge is 0.0861 e. The molecule has 0 bridgehead atoms. The van der Waals surface area contributed by atoms with Crippen LogP contribution in [0.3, 0.4) is 0 Å². The summed E-state index contributed by atoms with van der Waals surface area (Å²) in [7, 11) is 0. The van der Waals surface area contributed by atoms with Crippen molar-refractivity contribution in [2.45, 2.75) is 51.6 Å². The van der Waals surface area contributed by atoms with Crippen LogP contribution in [0.15, 0.2) is 89.3 Å². The van der Waals surface area contributed by atoms with Crippen molar-refractivity contribution in [3.63, 3.8) is 0 Å². The standard InChI is InChI=1S/C28H31N3/c1-18(2)30-17-26(31-28(21(30)5)20(4)19(3)16-29-31)27-24-12-8-6-10-22(24)14-15-23-11-7-9-13-25(23)27/h6-13,16,18,26-27H,3,5,14-15,17H2,1-2,4H3. The maximum atomic E-state index is 4.92. The largest absolute Gasteiger partial charge is 0.366 e. The molecule has 1 aliphatic carbocycles. The van der Waals surface area contributed by atoms with Crippen LogP contribution in [0.5, 0.6) is 0 Å². The van der Waals surface area contributed by atoms with Gasteiger partial charge in [-0.2, -0.15) is 5.10 Å². The van der Waals surface area contributed by atoms with Crippen LogP contribution in [0.25, 0.3) is 0 Å². The summed E-state index contributed by atoms with van der Waals surface area (Å²) >= 11 is 0. The van der Waals surface area contributed by atoms with Crippen LogP contribution >= 0.6 is 0 Å². The van der Waals surface area contributed by atoms with Crippen molar-refractivity contribution in [1.29, 1.82) is 0 Å². The summed E-state index contributed by atoms with van der Waals surface area (Å²) < 4.78 is 0. The van der Waals surface area contributed by atoms with E-state index in [9.17, 15) is 0 Å². The Labute approximate surface area is 186 Å². The van der Waals surface area contributed by atoms with E-state index in [-0.39, 0.29) is 12.0 Å². The number of nitrogens with zero attached hydrogens (tertiary/aromatic N) is 3. The molecule has 2 aromatic rings. The summed E-state index contributed by atoms with van der Waals surface area (Å²) in [6.07, 6.45) is 4.08. The van der Waals surface area contributed by atoms with E-state index < -0.39 is 0 Å². The fraction of sp³-hybridized carbons (Fsp3) is 0.321. The number of hydrogen-bond donors (Lipinski definition) is 0. The topological polar surface area (TPSA) is 18.8 Å². The zero-order valence-corrected chi connectivity index (χ0v) is 18.8. The molecule has 2 aromatic carbocycles. The van der Waals surface area contributed by atoms with Gasteiger partial charge in [-0.05, 0) is 67.0 Å². The van der Waals surface area contributed by atoms with Gasteiger partial charge in [0.1, 0.15) is 0 Å². The third-order valence-corrected chi connectivity index (χ3v) is 7.17. The summed E-state index contributed by atoms with van der Waals surface area (Å²) in [5, 5.41) is 7.17. The number of aryl methyl sites for hydroxylation is 2. The fourth-order valence-corrected chi connectivity index (χ4v) is 5.49. The monoisotopic (exact) mass is 409 g/mol. The van der Waals surface area contributed by atoms with Crippen molar-refractivity contribution in [2.75, 3.05) is 6.54 Å². The van der Waals surface area contributed by atoms with Crippen molar-refractivity contribution >= 4 is 6.21 Å². The highest BCUT2D eigenvalue weighted by atomic mass is 15.5. The van der Waals surface area contributed by atoms with Crippen LogP contribution < -0.4 is 0 Å². The average molecular weight is 410 g/mol. The van der Waals surface area contributed by atoms with Gasteiger partial charge in [-0.15, -0.1) is 0 Å². The minimum atomic E-state index is 0.183. The van der Waals surface area contributed by atoms with Crippen molar-refractivity contribution < 1.29 is 0 Å². The number of benzene rings is 2. The number of fused-ring (bicyclic) bond motifs is 3. The van der Waals surface area contributed by atoms with Crippen molar-refractivity contribution in [3.8, 4) is 0 Å². The lowest BCUT2D eigenvalue weighted by atomic mass is 9.80. The van der Waals surface area contributed by atoms with E-state index in [0.29, 0.717) is 6.04 Å². The zero-order chi connectivity index (χ0) is 21.7. The maximum Gasteiger partial charge on any atom is 0.0861 e. The predicted molar refractivity (Wildman–Crippen MR) is 129 cm³/mol. The van der Waals surface area contributed by atoms with E-state index in [4.69, 9.17) is 5.10 Å². The molecule has 3 heteroatoms. The first kappa shape index (κ1) is 19.9. The minimum Gasteiger partial charge on any atom is -0.366 e. The summed E-state index contributed by atoms with van der Waals surface area (Å²) in [6.45, 7) is 16.3. The highest BCUT2D eigenvalue weighted by molar-refractivity contribution is 5.85. The molecule has 0 radical (unpaired) electrons. The molecule has 0 amide bonds. The van der Waals surface area contributed by atoms with Crippen LogP contribution in [0.4, 0.5) is 0 Å². The molecule has 1 saturated heterocycles. The predicted octanol–water partition coefficient (Wildman–Crippen LogP) is 5.66. The molecule has 158 valence electrons. The molecule has 31 heavy (non-hydrogen) atoms. The van der Waals surface area contributed by atoms with Gasteiger partial charge in [0.2, 0.25) is 0 Å². The van der Waals surface area contributed by atoms with Gasteiger partial charge in [-0.25, -0.2) is 0 Å². The first-order valence-corrected chi connectivity index (χ1v) is 11.3. The Morgan fingerprint density at radius 1 is 0.935 bits per heavy atom. The van der Waals surface area contributed by atoms with Crippen LogP contribution in [0.1, 0.15) is 48.9 Å². The SMILES string of the molecule is C=C1C=NN2C(=C1C)C(=C)N(C(C)C)CC2C1c2ccccc2CCc2ccccc21. The second-order valence-electron chi connectivity index (χ2n) is 9.22. The van der Waals surface area contributed by atoms with Crippen LogP contribution in [0, 0.1) is 0 Å². The molecule has 5 rings (SSSR count). The molecule has 1 unspecified atom stereocenters. The van der Waals surface area contributed by atoms with E-state index in [0.717, 1.165) is 36.4 Å². The molecule has 2 heterocycles. The molecule has 2 aliphatic heterocycles. The van der Waals surface area contributed by atoms with Gasteiger partial charge in [0.25, 0.3) is 0 Å². The van der Waals surface area contributed by atoms with Gasteiger partial charge < -0.3 is 4.90 Å². The Hall–Kier alpha value is -3.07. The number of hydrazone groups is 1. The summed E-state index contributed by atoms with van der Waals surface area (Å²) in [5.41, 5.74) is 10.1. The van der Waals surface area contributed by atoms with Gasteiger partial charge in [0, 0.05) is 18.5 Å². The molecule has 0 N–H and O–H groups in total. The lowest BCUT2D eigenvalue weighted by molar-refractivity contribution is 0.120. The molecule has 3 nitrogen and oxygen atoms in total. The second kappa shape index (κ2) is 7.56. The van der Waals surface area contributed by atoms with Gasteiger partial charge in [0.05, 0.1) is 23.7 Å². The highest BCUT2D eigenvalue weighted by Gasteiger charge is 2.42. The molecular formula is C28H31N3. The van der Waals surface area contributed by atoms with Crippen LogP contribution in [0.2, 0.25) is 0 Å². The van der Waals surface area contributed by atoms with Gasteiger partial charge >= 0.3 is 0 Å². The van der Waals surface area contributed by atoms with E-state index in [2.05, 4.69) is 92.4 Å². The van der Waals surface area contributed by atoms with Crippen molar-refractivity contribution in [1.82, 2.24) is 9.91 Å². The van der Waals surface area contributed by atoms with Crippen molar-refractivity contribution in [3.05, 3.63) is 106 Å². The van der Waals surface area contributed by atoms with Gasteiger partial charge in [-0.1, -0.05) is 61.7 Å². The van der Waals surface area contributed by atoms with Crippen LogP contribution in [-0.4, -0.2) is 34.8 Å².